The SMILES string of the molecule is O=C(Cn1cnc([N+](=O)[O-])n1)Nc1cc(Oc2cccnc2)cc([N+](=O)[O-])c1. The summed E-state index contributed by atoms with van der Waals surface area (Å²) in [5, 5.41) is 27.7. The molecule has 0 atom stereocenters. The van der Waals surface area contributed by atoms with Crippen LogP contribution in [0.25, 0.3) is 0 Å². The number of benzene rings is 1. The second-order valence-corrected chi connectivity index (χ2v) is 5.31. The fraction of sp³-hybridized carbons (Fsp3) is 0.0667. The van der Waals surface area contributed by atoms with E-state index in [1.807, 2.05) is 0 Å². The van der Waals surface area contributed by atoms with Gasteiger partial charge < -0.3 is 20.2 Å². The number of anilines is 1. The highest BCUT2D eigenvalue weighted by Gasteiger charge is 2.17. The summed E-state index contributed by atoms with van der Waals surface area (Å²) in [4.78, 5) is 39.7. The number of carbonyl (C=O) groups excluding carboxylic acids is 1. The molecule has 28 heavy (non-hydrogen) atoms. The number of hydrogen-bond donors (Lipinski definition) is 1. The van der Waals surface area contributed by atoms with Crippen molar-refractivity contribution >= 4 is 23.2 Å². The van der Waals surface area contributed by atoms with Crippen LogP contribution < -0.4 is 10.1 Å². The van der Waals surface area contributed by atoms with Gasteiger partial charge in [-0.2, -0.15) is 4.68 Å². The number of carbonyl (C=O) groups is 1. The first-order valence-corrected chi connectivity index (χ1v) is 7.62. The molecule has 1 N–H and O–H groups in total. The zero-order valence-electron chi connectivity index (χ0n) is 14.0. The Morgan fingerprint density at radius 3 is 2.64 bits per heavy atom. The molecule has 0 saturated heterocycles. The molecule has 1 aromatic carbocycles. The predicted molar refractivity (Wildman–Crippen MR) is 92.7 cm³/mol. The number of pyridine rings is 1. The van der Waals surface area contributed by atoms with Gasteiger partial charge in [0, 0.05) is 23.4 Å². The van der Waals surface area contributed by atoms with E-state index in [0.29, 0.717) is 5.75 Å². The van der Waals surface area contributed by atoms with Crippen LogP contribution in [-0.2, 0) is 11.3 Å². The minimum Gasteiger partial charge on any atom is -0.455 e. The fourth-order valence-electron chi connectivity index (χ4n) is 2.16. The Labute approximate surface area is 155 Å². The van der Waals surface area contributed by atoms with Crippen LogP contribution in [0.15, 0.2) is 49.1 Å². The first kappa shape index (κ1) is 18.4. The molecule has 0 aliphatic rings. The Morgan fingerprint density at radius 2 is 2.00 bits per heavy atom. The van der Waals surface area contributed by atoms with Crippen LogP contribution in [0.2, 0.25) is 0 Å². The number of nitro benzene ring substituents is 1. The average Bonchev–Trinajstić information content (AvgIpc) is 3.11. The molecule has 0 unspecified atom stereocenters. The number of nitro groups is 2. The van der Waals surface area contributed by atoms with Crippen LogP contribution >= 0.6 is 0 Å². The summed E-state index contributed by atoms with van der Waals surface area (Å²) in [7, 11) is 0. The molecular formula is C15H11N7O6. The summed E-state index contributed by atoms with van der Waals surface area (Å²) in [5.41, 5.74) is -0.194. The summed E-state index contributed by atoms with van der Waals surface area (Å²) in [5.74, 6) is -0.785. The van der Waals surface area contributed by atoms with E-state index in [1.165, 1.54) is 18.3 Å². The number of nitrogens with zero attached hydrogens (tertiary/aromatic N) is 6. The second-order valence-electron chi connectivity index (χ2n) is 5.31. The molecule has 0 aliphatic heterocycles. The molecule has 0 radical (unpaired) electrons. The third kappa shape index (κ3) is 4.60. The van der Waals surface area contributed by atoms with E-state index >= 15 is 0 Å². The second kappa shape index (κ2) is 7.86. The highest BCUT2D eigenvalue weighted by atomic mass is 16.6. The lowest BCUT2D eigenvalue weighted by Crippen LogP contribution is -2.19. The molecule has 13 nitrogen and oxygen atoms in total. The van der Waals surface area contributed by atoms with Crippen molar-refractivity contribution in [2.75, 3.05) is 5.32 Å². The highest BCUT2D eigenvalue weighted by molar-refractivity contribution is 5.91. The van der Waals surface area contributed by atoms with Gasteiger partial charge in [-0.25, -0.2) is 0 Å². The van der Waals surface area contributed by atoms with Crippen molar-refractivity contribution < 1.29 is 19.4 Å². The van der Waals surface area contributed by atoms with E-state index in [-0.39, 0.29) is 23.7 Å². The zero-order valence-corrected chi connectivity index (χ0v) is 14.0. The van der Waals surface area contributed by atoms with Gasteiger partial charge in [-0.15, -0.1) is 0 Å². The van der Waals surface area contributed by atoms with Gasteiger partial charge in [-0.05, 0) is 17.1 Å². The molecule has 13 heteroatoms. The van der Waals surface area contributed by atoms with Gasteiger partial charge in [0.2, 0.25) is 12.2 Å². The lowest BCUT2D eigenvalue weighted by atomic mass is 10.2. The van der Waals surface area contributed by atoms with E-state index in [1.54, 1.807) is 18.3 Å². The number of nitrogens with one attached hydrogen (secondary N) is 1. The minimum atomic E-state index is -0.795. The minimum absolute atomic E-state index is 0.104. The largest absolute Gasteiger partial charge is 0.490 e. The average molecular weight is 385 g/mol. The monoisotopic (exact) mass is 385 g/mol. The summed E-state index contributed by atoms with van der Waals surface area (Å²) in [6.07, 6.45) is 4.00. The van der Waals surface area contributed by atoms with Gasteiger partial charge in [0.25, 0.3) is 5.69 Å². The van der Waals surface area contributed by atoms with Gasteiger partial charge in [0.1, 0.15) is 18.0 Å². The number of non-ortho nitro benzene ring substituents is 1. The smallest absolute Gasteiger partial charge is 0.455 e. The van der Waals surface area contributed by atoms with Crippen molar-refractivity contribution in [2.24, 2.45) is 0 Å². The van der Waals surface area contributed by atoms with Crippen LogP contribution in [-0.4, -0.2) is 35.5 Å². The molecular weight excluding hydrogens is 374 g/mol. The van der Waals surface area contributed by atoms with Crippen molar-refractivity contribution in [3.63, 3.8) is 0 Å². The lowest BCUT2D eigenvalue weighted by Gasteiger charge is -2.09. The maximum Gasteiger partial charge on any atom is 0.490 e. The molecule has 0 spiro atoms. The quantitative estimate of drug-likeness (QED) is 0.471. The molecule has 142 valence electrons. The molecule has 0 aliphatic carbocycles. The van der Waals surface area contributed by atoms with Crippen molar-refractivity contribution in [1.29, 1.82) is 0 Å². The third-order valence-corrected chi connectivity index (χ3v) is 3.25. The van der Waals surface area contributed by atoms with Crippen molar-refractivity contribution in [2.45, 2.75) is 6.54 Å². The van der Waals surface area contributed by atoms with Crippen molar-refractivity contribution in [1.82, 2.24) is 19.7 Å². The standard InChI is InChI=1S/C15H11N7O6/c23-14(8-20-9-17-15(19-20)22(26)27)18-10-4-11(21(24)25)6-13(5-10)28-12-2-1-3-16-7-12/h1-7,9H,8H2,(H,18,23). The molecule has 0 bridgehead atoms. The Morgan fingerprint density at radius 1 is 1.18 bits per heavy atom. The normalized spacial score (nSPS) is 10.3. The van der Waals surface area contributed by atoms with Gasteiger partial charge in [-0.1, -0.05) is 4.98 Å². The molecule has 3 rings (SSSR count). The van der Waals surface area contributed by atoms with E-state index in [2.05, 4.69) is 20.4 Å². The van der Waals surface area contributed by atoms with Crippen molar-refractivity contribution in [3.05, 3.63) is 69.3 Å². The molecule has 0 saturated carbocycles. The van der Waals surface area contributed by atoms with Crippen LogP contribution in [0.4, 0.5) is 17.3 Å². The van der Waals surface area contributed by atoms with Gasteiger partial charge in [0.05, 0.1) is 22.9 Å². The Kier molecular flexibility index (Phi) is 5.16. The van der Waals surface area contributed by atoms with Gasteiger partial charge in [0.15, 0.2) is 0 Å². The predicted octanol–water partition coefficient (Wildman–Crippen LogP) is 1.92. The summed E-state index contributed by atoms with van der Waals surface area (Å²) in [6.45, 7) is -0.373. The van der Waals surface area contributed by atoms with Crippen molar-refractivity contribution in [3.8, 4) is 11.5 Å². The molecule has 1 amide bonds. The summed E-state index contributed by atoms with van der Waals surface area (Å²) < 4.78 is 6.49. The van der Waals surface area contributed by atoms with Crippen LogP contribution in [0.3, 0.4) is 0 Å². The first-order valence-electron chi connectivity index (χ1n) is 7.62. The molecule has 2 heterocycles. The summed E-state index contributed by atoms with van der Waals surface area (Å²) >= 11 is 0. The van der Waals surface area contributed by atoms with E-state index in [9.17, 15) is 25.0 Å². The van der Waals surface area contributed by atoms with E-state index < -0.39 is 21.7 Å². The fourth-order valence-corrected chi connectivity index (χ4v) is 2.16. The topological polar surface area (TPSA) is 168 Å². The van der Waals surface area contributed by atoms with Crippen LogP contribution in [0.5, 0.6) is 11.5 Å². The summed E-state index contributed by atoms with van der Waals surface area (Å²) in [6, 6.07) is 6.98. The third-order valence-electron chi connectivity index (χ3n) is 3.25. The van der Waals surface area contributed by atoms with E-state index in [0.717, 1.165) is 17.1 Å². The Balaban J connectivity index is 1.76. The van der Waals surface area contributed by atoms with Gasteiger partial charge >= 0.3 is 5.95 Å². The maximum atomic E-state index is 12.1. The van der Waals surface area contributed by atoms with Crippen LogP contribution in [0.1, 0.15) is 0 Å². The van der Waals surface area contributed by atoms with Gasteiger partial charge in [-0.3, -0.25) is 19.9 Å². The number of amides is 1. The highest BCUT2D eigenvalue weighted by Crippen LogP contribution is 2.29. The zero-order chi connectivity index (χ0) is 20.1. The Bertz CT molecular complexity index is 1040. The Hall–Kier alpha value is -4.42. The number of aromatic nitrogens is 4. The number of ether oxygens (including phenoxy) is 1. The maximum absolute atomic E-state index is 12.1. The molecule has 0 fully saturated rings. The number of rotatable bonds is 7. The van der Waals surface area contributed by atoms with Crippen LogP contribution in [0, 0.1) is 20.2 Å². The lowest BCUT2D eigenvalue weighted by molar-refractivity contribution is -0.394. The van der Waals surface area contributed by atoms with E-state index in [4.69, 9.17) is 4.74 Å². The molecule has 3 aromatic rings. The first-order chi connectivity index (χ1) is 13.4. The number of hydrogen-bond acceptors (Lipinski definition) is 9. The molecule has 2 aromatic heterocycles.